The van der Waals surface area contributed by atoms with Crippen molar-refractivity contribution in [3.8, 4) is 0 Å². The topological polar surface area (TPSA) is 72.6 Å². The molecule has 1 aliphatic rings. The molecule has 0 aliphatic heterocycles. The van der Waals surface area contributed by atoms with Gasteiger partial charge < -0.3 is 9.64 Å². The van der Waals surface area contributed by atoms with E-state index >= 15 is 0 Å². The summed E-state index contributed by atoms with van der Waals surface area (Å²) in [7, 11) is 1.66. The number of allylic oxidation sites excluding steroid dienone is 2. The lowest BCUT2D eigenvalue weighted by Crippen LogP contribution is -2.35. The fraction of sp³-hybridized carbons (Fsp3) is 0.556. The molecule has 8 heteroatoms. The van der Waals surface area contributed by atoms with Crippen molar-refractivity contribution < 1.29 is 9.53 Å². The summed E-state index contributed by atoms with van der Waals surface area (Å²) in [6.45, 7) is 5.02. The number of ether oxygens (including phenoxy) is 1. The minimum Gasteiger partial charge on any atom is -0.383 e. The normalized spacial score (nSPS) is 14.5. The molecule has 1 aliphatic carbocycles. The lowest BCUT2D eigenvalue weighted by atomic mass is 10.0. The number of carbonyl (C=O) groups excluding carboxylic acids is 1. The third-order valence-corrected chi connectivity index (χ3v) is 5.18. The van der Waals surface area contributed by atoms with E-state index in [-0.39, 0.29) is 5.91 Å². The molecule has 26 heavy (non-hydrogen) atoms. The summed E-state index contributed by atoms with van der Waals surface area (Å²) in [4.78, 5) is 23.5. The molecule has 0 atom stereocenters. The van der Waals surface area contributed by atoms with Crippen LogP contribution in [-0.4, -0.2) is 56.4 Å². The van der Waals surface area contributed by atoms with E-state index in [1.165, 1.54) is 18.2 Å². The predicted molar refractivity (Wildman–Crippen MR) is 101 cm³/mol. The van der Waals surface area contributed by atoms with Crippen molar-refractivity contribution in [3.05, 3.63) is 29.2 Å². The molecule has 0 saturated carbocycles. The molecule has 0 saturated heterocycles. The first-order chi connectivity index (χ1) is 12.6. The van der Waals surface area contributed by atoms with E-state index in [2.05, 4.69) is 21.1 Å². The van der Waals surface area contributed by atoms with Gasteiger partial charge in [0.05, 0.1) is 12.4 Å². The molecule has 0 bridgehead atoms. The van der Waals surface area contributed by atoms with Crippen LogP contribution in [0.5, 0.6) is 0 Å². The first-order valence-electron chi connectivity index (χ1n) is 8.90. The van der Waals surface area contributed by atoms with Crippen molar-refractivity contribution in [1.29, 1.82) is 0 Å². The Hall–Kier alpha value is -1.93. The van der Waals surface area contributed by atoms with Gasteiger partial charge in [0.1, 0.15) is 0 Å². The molecule has 0 fully saturated rings. The second-order valence-corrected chi connectivity index (χ2v) is 7.36. The Kier molecular flexibility index (Phi) is 6.26. The highest BCUT2D eigenvalue weighted by molar-refractivity contribution is 7.99. The first-order valence-corrected chi connectivity index (χ1v) is 9.89. The van der Waals surface area contributed by atoms with Crippen LogP contribution in [0.3, 0.4) is 0 Å². The molecule has 140 valence electrons. The Morgan fingerprint density at radius 2 is 2.19 bits per heavy atom. The number of amides is 1. The van der Waals surface area contributed by atoms with Gasteiger partial charge in [-0.25, -0.2) is 9.50 Å². The van der Waals surface area contributed by atoms with Gasteiger partial charge in [-0.05, 0) is 45.6 Å². The monoisotopic (exact) mass is 375 g/mol. The van der Waals surface area contributed by atoms with Crippen LogP contribution in [0.4, 0.5) is 0 Å². The van der Waals surface area contributed by atoms with Gasteiger partial charge in [0.15, 0.2) is 0 Å². The van der Waals surface area contributed by atoms with Crippen LogP contribution in [-0.2, 0) is 9.53 Å². The Morgan fingerprint density at radius 3 is 2.92 bits per heavy atom. The maximum absolute atomic E-state index is 12.8. The van der Waals surface area contributed by atoms with Crippen molar-refractivity contribution >= 4 is 23.4 Å². The Balaban J connectivity index is 1.69. The summed E-state index contributed by atoms with van der Waals surface area (Å²) in [6, 6.07) is 1.96. The smallest absolute Gasteiger partial charge is 0.253 e. The summed E-state index contributed by atoms with van der Waals surface area (Å²) in [5.41, 5.74) is 3.01. The molecule has 0 aromatic carbocycles. The van der Waals surface area contributed by atoms with Gasteiger partial charge >= 0.3 is 0 Å². The van der Waals surface area contributed by atoms with Crippen molar-refractivity contribution in [2.24, 2.45) is 0 Å². The quantitative estimate of drug-likeness (QED) is 0.693. The summed E-state index contributed by atoms with van der Waals surface area (Å²) in [6.07, 6.45) is 6.50. The minimum atomic E-state index is 0.0694. The molecule has 3 rings (SSSR count). The average Bonchev–Trinajstić information content (AvgIpc) is 3.04. The fourth-order valence-corrected chi connectivity index (χ4v) is 3.78. The third kappa shape index (κ3) is 4.42. The molecule has 0 spiro atoms. The SMILES string of the molecule is COCCN(C(=O)CSc1nc2nc(C)cc(C)n2n1)C1=CCCCC1. The van der Waals surface area contributed by atoms with E-state index in [1.54, 1.807) is 11.6 Å². The number of aromatic nitrogens is 4. The minimum absolute atomic E-state index is 0.0694. The highest BCUT2D eigenvalue weighted by Crippen LogP contribution is 2.23. The Bertz CT molecular complexity index is 817. The lowest BCUT2D eigenvalue weighted by molar-refractivity contribution is -0.127. The largest absolute Gasteiger partial charge is 0.383 e. The molecule has 2 aromatic heterocycles. The van der Waals surface area contributed by atoms with Gasteiger partial charge in [-0.3, -0.25) is 4.79 Å². The van der Waals surface area contributed by atoms with Gasteiger partial charge in [-0.15, -0.1) is 5.10 Å². The van der Waals surface area contributed by atoms with Crippen LogP contribution in [0, 0.1) is 13.8 Å². The number of carbonyl (C=O) groups is 1. The van der Waals surface area contributed by atoms with Crippen LogP contribution in [0.1, 0.15) is 37.1 Å². The fourth-order valence-electron chi connectivity index (χ4n) is 3.09. The summed E-state index contributed by atoms with van der Waals surface area (Å²) >= 11 is 1.35. The number of aryl methyl sites for hydroxylation is 2. The Labute approximate surface area is 157 Å². The third-order valence-electron chi connectivity index (χ3n) is 4.36. The number of fused-ring (bicyclic) bond motifs is 1. The van der Waals surface area contributed by atoms with Gasteiger partial charge in [0.2, 0.25) is 11.1 Å². The molecule has 0 radical (unpaired) electrons. The molecule has 0 N–H and O–H groups in total. The lowest BCUT2D eigenvalue weighted by Gasteiger charge is -2.27. The molecular weight excluding hydrogens is 350 g/mol. The highest BCUT2D eigenvalue weighted by atomic mass is 32.2. The molecule has 2 aromatic rings. The highest BCUT2D eigenvalue weighted by Gasteiger charge is 2.20. The maximum atomic E-state index is 12.8. The van der Waals surface area contributed by atoms with E-state index in [1.807, 2.05) is 24.8 Å². The predicted octanol–water partition coefficient (Wildman–Crippen LogP) is 2.77. The van der Waals surface area contributed by atoms with E-state index in [9.17, 15) is 4.79 Å². The van der Waals surface area contributed by atoms with E-state index in [0.29, 0.717) is 29.8 Å². The number of hydrogen-bond acceptors (Lipinski definition) is 6. The summed E-state index contributed by atoms with van der Waals surface area (Å²) < 4.78 is 6.89. The van der Waals surface area contributed by atoms with Crippen molar-refractivity contribution in [2.45, 2.75) is 44.7 Å². The zero-order valence-electron chi connectivity index (χ0n) is 15.6. The average molecular weight is 375 g/mol. The molecule has 1 amide bonds. The van der Waals surface area contributed by atoms with Gasteiger partial charge in [0.25, 0.3) is 5.78 Å². The number of thioether (sulfide) groups is 1. The number of nitrogens with zero attached hydrogens (tertiary/aromatic N) is 5. The van der Waals surface area contributed by atoms with E-state index < -0.39 is 0 Å². The second-order valence-electron chi connectivity index (χ2n) is 6.41. The van der Waals surface area contributed by atoms with Gasteiger partial charge in [-0.1, -0.05) is 17.8 Å². The molecular formula is C18H25N5O2S. The number of rotatable bonds is 7. The van der Waals surface area contributed by atoms with Gasteiger partial charge in [0, 0.05) is 30.7 Å². The van der Waals surface area contributed by atoms with Crippen LogP contribution in [0.2, 0.25) is 0 Å². The Morgan fingerprint density at radius 1 is 1.35 bits per heavy atom. The zero-order chi connectivity index (χ0) is 18.5. The van der Waals surface area contributed by atoms with Crippen molar-refractivity contribution in [3.63, 3.8) is 0 Å². The number of hydrogen-bond donors (Lipinski definition) is 0. The van der Waals surface area contributed by atoms with Gasteiger partial charge in [-0.2, -0.15) is 4.98 Å². The number of methoxy groups -OCH3 is 1. The summed E-state index contributed by atoms with van der Waals surface area (Å²) in [5, 5.41) is 5.03. The van der Waals surface area contributed by atoms with Crippen LogP contribution >= 0.6 is 11.8 Å². The molecule has 2 heterocycles. The molecule has 7 nitrogen and oxygen atoms in total. The first kappa shape index (κ1) is 18.8. The molecule has 0 unspecified atom stereocenters. The maximum Gasteiger partial charge on any atom is 0.253 e. The zero-order valence-corrected chi connectivity index (χ0v) is 16.4. The van der Waals surface area contributed by atoms with Crippen molar-refractivity contribution in [1.82, 2.24) is 24.5 Å². The van der Waals surface area contributed by atoms with Crippen LogP contribution in [0.15, 0.2) is 23.0 Å². The van der Waals surface area contributed by atoms with E-state index in [0.717, 1.165) is 36.3 Å². The summed E-state index contributed by atoms with van der Waals surface area (Å²) in [5.74, 6) is 0.944. The standard InChI is InChI=1S/C18H25N5O2S/c1-13-11-14(2)23-17(19-13)20-18(21-23)26-12-16(24)22(9-10-25-3)15-7-5-4-6-8-15/h7,11H,4-6,8-10,12H2,1-3H3. The van der Waals surface area contributed by atoms with Crippen LogP contribution in [0.25, 0.3) is 5.78 Å². The van der Waals surface area contributed by atoms with Crippen molar-refractivity contribution in [2.75, 3.05) is 26.0 Å². The second kappa shape index (κ2) is 8.64. The van der Waals surface area contributed by atoms with Crippen LogP contribution < -0.4 is 0 Å². The van der Waals surface area contributed by atoms with E-state index in [4.69, 9.17) is 4.74 Å².